The molecule has 0 saturated carbocycles. The van der Waals surface area contributed by atoms with Crippen LogP contribution in [0.15, 0.2) is 47.9 Å². The molecule has 21 heavy (non-hydrogen) atoms. The van der Waals surface area contributed by atoms with E-state index in [2.05, 4.69) is 56.3 Å². The highest BCUT2D eigenvalue weighted by Crippen LogP contribution is 2.31. The zero-order valence-electron chi connectivity index (χ0n) is 13.0. The van der Waals surface area contributed by atoms with Gasteiger partial charge in [0.05, 0.1) is 0 Å². The number of rotatable bonds is 4. The molecular formula is C17H22N2OS. The molecule has 1 unspecified atom stereocenters. The Kier molecular flexibility index (Phi) is 4.88. The highest BCUT2D eigenvalue weighted by molar-refractivity contribution is 7.98. The molecule has 0 radical (unpaired) electrons. The lowest BCUT2D eigenvalue weighted by molar-refractivity contribution is 0.0724. The first-order valence-corrected chi connectivity index (χ1v) is 8.29. The monoisotopic (exact) mass is 302 g/mol. The van der Waals surface area contributed by atoms with Gasteiger partial charge in [-0.3, -0.25) is 9.36 Å². The maximum Gasteiger partial charge on any atom is 0.235 e. The molecule has 0 fully saturated rings. The lowest BCUT2D eigenvalue weighted by atomic mass is 9.76. The predicted molar refractivity (Wildman–Crippen MR) is 87.7 cm³/mol. The fourth-order valence-electron chi connectivity index (χ4n) is 2.33. The van der Waals surface area contributed by atoms with E-state index in [9.17, 15) is 4.79 Å². The second kappa shape index (κ2) is 6.48. The largest absolute Gasteiger partial charge is 0.276 e. The molecule has 0 amide bonds. The molecule has 1 aromatic heterocycles. The molecule has 0 bridgehead atoms. The minimum atomic E-state index is -0.0977. The third kappa shape index (κ3) is 3.97. The Morgan fingerprint density at radius 1 is 1.29 bits per heavy atom. The Hall–Kier alpha value is -1.55. The summed E-state index contributed by atoms with van der Waals surface area (Å²) < 4.78 is 1.59. The van der Waals surface area contributed by atoms with E-state index in [1.165, 1.54) is 10.5 Å². The van der Waals surface area contributed by atoms with E-state index < -0.39 is 0 Å². The lowest BCUT2D eigenvalue weighted by Gasteiger charge is -2.29. The number of nitrogens with zero attached hydrogens (tertiary/aromatic N) is 2. The van der Waals surface area contributed by atoms with Crippen LogP contribution in [-0.4, -0.2) is 21.7 Å². The third-order valence-electron chi connectivity index (χ3n) is 3.70. The van der Waals surface area contributed by atoms with E-state index in [0.29, 0.717) is 0 Å². The van der Waals surface area contributed by atoms with Crippen LogP contribution in [0.5, 0.6) is 0 Å². The summed E-state index contributed by atoms with van der Waals surface area (Å²) in [4.78, 5) is 17.9. The zero-order chi connectivity index (χ0) is 15.5. The summed E-state index contributed by atoms with van der Waals surface area (Å²) >= 11 is 1.73. The molecule has 4 heteroatoms. The Morgan fingerprint density at radius 3 is 2.43 bits per heavy atom. The average Bonchev–Trinajstić information content (AvgIpc) is 2.97. The van der Waals surface area contributed by atoms with Crippen molar-refractivity contribution in [3.8, 4) is 0 Å². The standard InChI is InChI=1S/C17H22N2OS/c1-17(2,3)15(16(20)19-10-9-18-12-19)11-13-5-7-14(21-4)8-6-13/h5-10,12,15H,11H2,1-4H3. The van der Waals surface area contributed by atoms with Crippen LogP contribution in [0.3, 0.4) is 0 Å². The molecule has 0 N–H and O–H groups in total. The molecule has 0 aliphatic carbocycles. The van der Waals surface area contributed by atoms with Crippen molar-refractivity contribution in [2.24, 2.45) is 11.3 Å². The van der Waals surface area contributed by atoms with Crippen molar-refractivity contribution in [2.45, 2.75) is 32.1 Å². The van der Waals surface area contributed by atoms with E-state index in [0.717, 1.165) is 6.42 Å². The van der Waals surface area contributed by atoms with Crippen LogP contribution in [0, 0.1) is 11.3 Å². The summed E-state index contributed by atoms with van der Waals surface area (Å²) in [6.07, 6.45) is 7.76. The highest BCUT2D eigenvalue weighted by atomic mass is 32.2. The van der Waals surface area contributed by atoms with Crippen LogP contribution in [0.2, 0.25) is 0 Å². The topological polar surface area (TPSA) is 34.9 Å². The van der Waals surface area contributed by atoms with Crippen LogP contribution in [0.4, 0.5) is 0 Å². The van der Waals surface area contributed by atoms with E-state index in [-0.39, 0.29) is 17.2 Å². The molecule has 3 nitrogen and oxygen atoms in total. The van der Waals surface area contributed by atoms with Crippen molar-refractivity contribution < 1.29 is 4.79 Å². The molecule has 1 heterocycles. The van der Waals surface area contributed by atoms with Gasteiger partial charge in [0, 0.05) is 23.2 Å². The molecule has 0 spiro atoms. The molecule has 0 saturated heterocycles. The molecule has 2 rings (SSSR count). The minimum absolute atomic E-state index is 0.0770. The number of benzene rings is 1. The average molecular weight is 302 g/mol. The van der Waals surface area contributed by atoms with E-state index in [1.807, 2.05) is 0 Å². The first kappa shape index (κ1) is 15.8. The van der Waals surface area contributed by atoms with Crippen LogP contribution >= 0.6 is 11.8 Å². The Bertz CT molecular complexity index is 582. The predicted octanol–water partition coefficient (Wildman–Crippen LogP) is 4.15. The Morgan fingerprint density at radius 2 is 1.95 bits per heavy atom. The van der Waals surface area contributed by atoms with Gasteiger partial charge in [-0.1, -0.05) is 32.9 Å². The Labute approximate surface area is 130 Å². The van der Waals surface area contributed by atoms with Gasteiger partial charge in [-0.05, 0) is 35.8 Å². The van der Waals surface area contributed by atoms with Gasteiger partial charge in [0.15, 0.2) is 0 Å². The molecular weight excluding hydrogens is 280 g/mol. The summed E-state index contributed by atoms with van der Waals surface area (Å²) in [5.74, 6) is 0.0285. The fraction of sp³-hybridized carbons (Fsp3) is 0.412. The quantitative estimate of drug-likeness (QED) is 0.796. The molecule has 1 atom stereocenters. The fourth-order valence-corrected chi connectivity index (χ4v) is 2.74. The molecule has 112 valence electrons. The van der Waals surface area contributed by atoms with Crippen LogP contribution < -0.4 is 0 Å². The molecule has 2 aromatic rings. The van der Waals surface area contributed by atoms with Gasteiger partial charge < -0.3 is 0 Å². The van der Waals surface area contributed by atoms with Gasteiger partial charge in [0.25, 0.3) is 0 Å². The highest BCUT2D eigenvalue weighted by Gasteiger charge is 2.32. The Balaban J connectivity index is 2.22. The zero-order valence-corrected chi connectivity index (χ0v) is 13.9. The third-order valence-corrected chi connectivity index (χ3v) is 4.44. The second-order valence-electron chi connectivity index (χ2n) is 6.28. The van der Waals surface area contributed by atoms with Gasteiger partial charge in [-0.25, -0.2) is 4.98 Å². The van der Waals surface area contributed by atoms with Crippen molar-refractivity contribution in [3.05, 3.63) is 48.5 Å². The summed E-state index contributed by atoms with van der Waals surface area (Å²) in [6, 6.07) is 8.46. The van der Waals surface area contributed by atoms with E-state index in [1.54, 1.807) is 35.0 Å². The first-order valence-electron chi connectivity index (χ1n) is 7.07. The van der Waals surface area contributed by atoms with Gasteiger partial charge in [-0.15, -0.1) is 11.8 Å². The summed E-state index contributed by atoms with van der Waals surface area (Å²) in [6.45, 7) is 6.34. The molecule has 0 aliphatic rings. The smallest absolute Gasteiger partial charge is 0.235 e. The van der Waals surface area contributed by atoms with Gasteiger partial charge >= 0.3 is 0 Å². The summed E-state index contributed by atoms with van der Waals surface area (Å²) in [5.41, 5.74) is 1.10. The van der Waals surface area contributed by atoms with Crippen molar-refractivity contribution >= 4 is 17.7 Å². The van der Waals surface area contributed by atoms with E-state index >= 15 is 0 Å². The lowest BCUT2D eigenvalue weighted by Crippen LogP contribution is -2.33. The number of aromatic nitrogens is 2. The second-order valence-corrected chi connectivity index (χ2v) is 7.16. The molecule has 0 aliphatic heterocycles. The summed E-state index contributed by atoms with van der Waals surface area (Å²) in [7, 11) is 0. The van der Waals surface area contributed by atoms with Gasteiger partial charge in [0.2, 0.25) is 5.91 Å². The normalized spacial score (nSPS) is 13.1. The van der Waals surface area contributed by atoms with Crippen LogP contribution in [-0.2, 0) is 6.42 Å². The van der Waals surface area contributed by atoms with Crippen LogP contribution in [0.1, 0.15) is 31.1 Å². The maximum atomic E-state index is 12.7. The number of hydrogen-bond acceptors (Lipinski definition) is 3. The summed E-state index contributed by atoms with van der Waals surface area (Å²) in [5, 5.41) is 0. The number of carbonyl (C=O) groups is 1. The molecule has 1 aromatic carbocycles. The van der Waals surface area contributed by atoms with Crippen molar-refractivity contribution in [1.82, 2.24) is 9.55 Å². The number of imidazole rings is 1. The first-order chi connectivity index (χ1) is 9.91. The van der Waals surface area contributed by atoms with Gasteiger partial charge in [0.1, 0.15) is 6.33 Å². The van der Waals surface area contributed by atoms with Crippen molar-refractivity contribution in [2.75, 3.05) is 6.26 Å². The number of thioether (sulfide) groups is 1. The number of hydrogen-bond donors (Lipinski definition) is 0. The maximum absolute atomic E-state index is 12.7. The van der Waals surface area contributed by atoms with E-state index in [4.69, 9.17) is 0 Å². The SMILES string of the molecule is CSc1ccc(CC(C(=O)n2ccnc2)C(C)(C)C)cc1. The van der Waals surface area contributed by atoms with Crippen molar-refractivity contribution in [3.63, 3.8) is 0 Å². The van der Waals surface area contributed by atoms with Gasteiger partial charge in [-0.2, -0.15) is 0 Å². The number of carbonyl (C=O) groups excluding carboxylic acids is 1. The van der Waals surface area contributed by atoms with Crippen LogP contribution in [0.25, 0.3) is 0 Å². The van der Waals surface area contributed by atoms with Crippen molar-refractivity contribution in [1.29, 1.82) is 0 Å². The minimum Gasteiger partial charge on any atom is -0.276 e.